The van der Waals surface area contributed by atoms with Crippen LogP contribution in [0, 0.1) is 32.6 Å². The molecule has 1 heterocycles. The zero-order valence-corrected chi connectivity index (χ0v) is 19.4. The zero-order valence-electron chi connectivity index (χ0n) is 19.4. The molecular formula is C25H35N3O3. The summed E-state index contributed by atoms with van der Waals surface area (Å²) in [6.45, 7) is 6.79. The summed E-state index contributed by atoms with van der Waals surface area (Å²) in [5.41, 5.74) is 4.62. The van der Waals surface area contributed by atoms with Gasteiger partial charge in [0.15, 0.2) is 11.5 Å². The van der Waals surface area contributed by atoms with Crippen LogP contribution >= 0.6 is 0 Å². The van der Waals surface area contributed by atoms with Crippen LogP contribution in [-0.4, -0.2) is 35.9 Å². The van der Waals surface area contributed by atoms with Gasteiger partial charge in [0.25, 0.3) is 0 Å². The van der Waals surface area contributed by atoms with Crippen molar-refractivity contribution >= 4 is 5.91 Å². The van der Waals surface area contributed by atoms with Crippen molar-refractivity contribution in [3.63, 3.8) is 0 Å². The monoisotopic (exact) mass is 425 g/mol. The molecule has 0 aliphatic heterocycles. The zero-order chi connectivity index (χ0) is 22.1. The maximum atomic E-state index is 12.9. The summed E-state index contributed by atoms with van der Waals surface area (Å²) in [5.74, 6) is 3.16. The smallest absolute Gasteiger partial charge is 0.222 e. The SMILES string of the molecule is COc1ccc([C@H]2[C@@H]3CCCC[C@H]3[C@@H]2NC(=O)CCn2nc(C)c(C)c2C)cc1OC. The highest BCUT2D eigenvalue weighted by molar-refractivity contribution is 5.76. The van der Waals surface area contributed by atoms with E-state index in [1.165, 1.54) is 36.8 Å². The molecular weight excluding hydrogens is 390 g/mol. The van der Waals surface area contributed by atoms with Crippen LogP contribution in [0.4, 0.5) is 0 Å². The number of benzene rings is 1. The number of carbonyl (C=O) groups is 1. The van der Waals surface area contributed by atoms with Gasteiger partial charge in [-0.15, -0.1) is 0 Å². The summed E-state index contributed by atoms with van der Waals surface area (Å²) in [5, 5.41) is 7.96. The van der Waals surface area contributed by atoms with Crippen LogP contribution in [0.3, 0.4) is 0 Å². The van der Waals surface area contributed by atoms with Gasteiger partial charge in [0.2, 0.25) is 5.91 Å². The van der Waals surface area contributed by atoms with Crippen molar-refractivity contribution in [2.24, 2.45) is 11.8 Å². The molecule has 0 unspecified atom stereocenters. The lowest BCUT2D eigenvalue weighted by molar-refractivity contribution is -0.125. The van der Waals surface area contributed by atoms with Gasteiger partial charge in [0.1, 0.15) is 0 Å². The molecule has 1 aromatic carbocycles. The van der Waals surface area contributed by atoms with Gasteiger partial charge in [-0.25, -0.2) is 0 Å². The molecule has 0 bridgehead atoms. The highest BCUT2D eigenvalue weighted by Gasteiger charge is 2.51. The van der Waals surface area contributed by atoms with Gasteiger partial charge in [0, 0.05) is 30.6 Å². The molecule has 2 fully saturated rings. The lowest BCUT2D eigenvalue weighted by Gasteiger charge is -2.55. The Balaban J connectivity index is 1.47. The molecule has 168 valence electrons. The van der Waals surface area contributed by atoms with E-state index in [9.17, 15) is 4.79 Å². The molecule has 4 atom stereocenters. The highest BCUT2D eigenvalue weighted by atomic mass is 16.5. The molecule has 1 aromatic heterocycles. The van der Waals surface area contributed by atoms with Gasteiger partial charge in [0.05, 0.1) is 19.9 Å². The van der Waals surface area contributed by atoms with Gasteiger partial charge in [-0.1, -0.05) is 18.9 Å². The minimum Gasteiger partial charge on any atom is -0.493 e. The normalized spacial score (nSPS) is 24.8. The quantitative estimate of drug-likeness (QED) is 0.718. The summed E-state index contributed by atoms with van der Waals surface area (Å²) in [6, 6.07) is 6.40. The van der Waals surface area contributed by atoms with E-state index in [1.54, 1.807) is 14.2 Å². The van der Waals surface area contributed by atoms with Crippen LogP contribution in [0.1, 0.15) is 60.5 Å². The maximum absolute atomic E-state index is 12.9. The predicted molar refractivity (Wildman–Crippen MR) is 121 cm³/mol. The third kappa shape index (κ3) is 4.04. The standard InChI is InChI=1S/C25H35N3O3/c1-15-16(2)27-28(17(15)3)13-12-23(29)26-25-20-9-7-6-8-19(20)24(25)18-10-11-21(30-4)22(14-18)31-5/h10-11,14,19-20,24-25H,6-9,12-13H2,1-5H3,(H,26,29)/t19-,20-,24+,25+/m1/s1. The number of amides is 1. The number of hydrogen-bond acceptors (Lipinski definition) is 4. The van der Waals surface area contributed by atoms with Crippen molar-refractivity contribution < 1.29 is 14.3 Å². The minimum absolute atomic E-state index is 0.115. The van der Waals surface area contributed by atoms with E-state index in [4.69, 9.17) is 9.47 Å². The third-order valence-electron chi connectivity index (χ3n) is 7.60. The van der Waals surface area contributed by atoms with Crippen molar-refractivity contribution in [3.8, 4) is 11.5 Å². The topological polar surface area (TPSA) is 65.4 Å². The summed E-state index contributed by atoms with van der Waals surface area (Å²) in [4.78, 5) is 12.9. The van der Waals surface area contributed by atoms with Gasteiger partial charge >= 0.3 is 0 Å². The fourth-order valence-electron chi connectivity index (χ4n) is 5.65. The second kappa shape index (κ2) is 8.93. The van der Waals surface area contributed by atoms with Gasteiger partial charge in [-0.2, -0.15) is 5.10 Å². The van der Waals surface area contributed by atoms with Crippen molar-refractivity contribution in [2.75, 3.05) is 14.2 Å². The molecule has 0 saturated heterocycles. The van der Waals surface area contributed by atoms with Crippen LogP contribution in [-0.2, 0) is 11.3 Å². The molecule has 4 rings (SSSR count). The lowest BCUT2D eigenvalue weighted by atomic mass is 9.53. The highest BCUT2D eigenvalue weighted by Crippen LogP contribution is 2.55. The first-order valence-electron chi connectivity index (χ1n) is 11.5. The third-order valence-corrected chi connectivity index (χ3v) is 7.60. The van der Waals surface area contributed by atoms with Crippen LogP contribution in [0.2, 0.25) is 0 Å². The molecule has 2 aliphatic rings. The Bertz CT molecular complexity index is 952. The lowest BCUT2D eigenvalue weighted by Crippen LogP contribution is -2.59. The number of nitrogens with zero attached hydrogens (tertiary/aromatic N) is 2. The number of fused-ring (bicyclic) bond motifs is 1. The van der Waals surface area contributed by atoms with Crippen LogP contribution < -0.4 is 14.8 Å². The summed E-state index contributed by atoms with van der Waals surface area (Å²) in [7, 11) is 3.33. The maximum Gasteiger partial charge on any atom is 0.222 e. The molecule has 31 heavy (non-hydrogen) atoms. The molecule has 2 saturated carbocycles. The second-order valence-corrected chi connectivity index (χ2v) is 9.11. The van der Waals surface area contributed by atoms with E-state index in [2.05, 4.69) is 36.4 Å². The number of methoxy groups -OCH3 is 2. The second-order valence-electron chi connectivity index (χ2n) is 9.11. The van der Waals surface area contributed by atoms with Crippen molar-refractivity contribution in [3.05, 3.63) is 40.7 Å². The number of carbonyl (C=O) groups excluding carboxylic acids is 1. The number of rotatable bonds is 7. The fourth-order valence-corrected chi connectivity index (χ4v) is 5.65. The molecule has 6 heteroatoms. The number of hydrogen-bond donors (Lipinski definition) is 1. The Labute approximate surface area is 185 Å². The van der Waals surface area contributed by atoms with Crippen LogP contribution in [0.25, 0.3) is 0 Å². The molecule has 1 amide bonds. The Hall–Kier alpha value is -2.50. The van der Waals surface area contributed by atoms with Crippen LogP contribution in [0.15, 0.2) is 18.2 Å². The van der Waals surface area contributed by atoms with E-state index >= 15 is 0 Å². The average molecular weight is 426 g/mol. The van der Waals surface area contributed by atoms with Gasteiger partial charge < -0.3 is 14.8 Å². The van der Waals surface area contributed by atoms with Crippen molar-refractivity contribution in [1.82, 2.24) is 15.1 Å². The summed E-state index contributed by atoms with van der Waals surface area (Å²) < 4.78 is 12.9. The Morgan fingerprint density at radius 3 is 2.45 bits per heavy atom. The van der Waals surface area contributed by atoms with E-state index < -0.39 is 0 Å². The van der Waals surface area contributed by atoms with Crippen LogP contribution in [0.5, 0.6) is 11.5 Å². The van der Waals surface area contributed by atoms with E-state index in [-0.39, 0.29) is 11.9 Å². The Morgan fingerprint density at radius 2 is 1.81 bits per heavy atom. The molecule has 6 nitrogen and oxygen atoms in total. The first-order valence-corrected chi connectivity index (χ1v) is 11.5. The van der Waals surface area contributed by atoms with E-state index in [0.29, 0.717) is 30.7 Å². The van der Waals surface area contributed by atoms with Gasteiger partial charge in [-0.3, -0.25) is 9.48 Å². The number of ether oxygens (including phenoxy) is 2. The molecule has 0 spiro atoms. The fraction of sp³-hybridized carbons (Fsp3) is 0.600. The molecule has 2 aliphatic carbocycles. The first kappa shape index (κ1) is 21.7. The van der Waals surface area contributed by atoms with E-state index in [0.717, 1.165) is 22.9 Å². The molecule has 0 radical (unpaired) electrons. The minimum atomic E-state index is 0.115. The Kier molecular flexibility index (Phi) is 6.26. The number of nitrogens with one attached hydrogen (secondary N) is 1. The Morgan fingerprint density at radius 1 is 1.10 bits per heavy atom. The average Bonchev–Trinajstić information content (AvgIpc) is 3.02. The van der Waals surface area contributed by atoms with Gasteiger partial charge in [-0.05, 0) is 68.7 Å². The van der Waals surface area contributed by atoms with Crippen molar-refractivity contribution in [2.45, 2.75) is 71.4 Å². The largest absolute Gasteiger partial charge is 0.493 e. The summed E-state index contributed by atoms with van der Waals surface area (Å²) >= 11 is 0. The van der Waals surface area contributed by atoms with Crippen molar-refractivity contribution in [1.29, 1.82) is 0 Å². The number of aromatic nitrogens is 2. The molecule has 2 aromatic rings. The molecule has 1 N–H and O–H groups in total. The van der Waals surface area contributed by atoms with E-state index in [1.807, 2.05) is 17.7 Å². The first-order chi connectivity index (χ1) is 14.9. The number of aryl methyl sites for hydroxylation is 2. The summed E-state index contributed by atoms with van der Waals surface area (Å²) in [6.07, 6.45) is 5.44. The predicted octanol–water partition coefficient (Wildman–Crippen LogP) is 4.30.